The first kappa shape index (κ1) is 17.9. The number of halogens is 3. The molecule has 1 atom stereocenters. The lowest BCUT2D eigenvalue weighted by Gasteiger charge is -2.36. The molecule has 2 N–H and O–H groups in total. The summed E-state index contributed by atoms with van der Waals surface area (Å²) in [4.78, 5) is 3.36. The summed E-state index contributed by atoms with van der Waals surface area (Å²) in [5, 5.41) is 13.3. The van der Waals surface area contributed by atoms with Crippen molar-refractivity contribution in [1.82, 2.24) is 10.2 Å². The van der Waals surface area contributed by atoms with Crippen molar-refractivity contribution in [2.75, 3.05) is 44.2 Å². The normalized spacial score (nSPS) is 18.0. The van der Waals surface area contributed by atoms with Crippen LogP contribution in [0.15, 0.2) is 18.2 Å². The Hall–Kier alpha value is -1.47. The molecule has 1 heterocycles. The molecule has 0 radical (unpaired) electrons. The highest BCUT2D eigenvalue weighted by molar-refractivity contribution is 5.54. The fourth-order valence-corrected chi connectivity index (χ4v) is 3.07. The predicted octanol–water partition coefficient (Wildman–Crippen LogP) is 2.75. The van der Waals surface area contributed by atoms with Gasteiger partial charge in [-0.15, -0.1) is 0 Å². The third-order valence-electron chi connectivity index (χ3n) is 4.26. The number of phenolic OH excluding ortho intramolecular Hbond substituents is 1. The van der Waals surface area contributed by atoms with E-state index in [1.807, 2.05) is 18.7 Å². The maximum atomic E-state index is 13.6. The number of phenols is 1. The first-order chi connectivity index (χ1) is 10.9. The zero-order chi connectivity index (χ0) is 17.0. The average molecular weight is 331 g/mol. The summed E-state index contributed by atoms with van der Waals surface area (Å²) < 4.78 is 40.7. The van der Waals surface area contributed by atoms with Crippen molar-refractivity contribution in [2.24, 2.45) is 0 Å². The van der Waals surface area contributed by atoms with E-state index in [0.717, 1.165) is 18.8 Å². The molecule has 1 aliphatic heterocycles. The summed E-state index contributed by atoms with van der Waals surface area (Å²) in [6.07, 6.45) is -4.43. The van der Waals surface area contributed by atoms with Crippen LogP contribution in [0.4, 0.5) is 18.9 Å². The van der Waals surface area contributed by atoms with Crippen LogP contribution in [0.25, 0.3) is 0 Å². The van der Waals surface area contributed by atoms with Gasteiger partial charge in [0.1, 0.15) is 11.8 Å². The molecule has 1 aliphatic rings. The van der Waals surface area contributed by atoms with Gasteiger partial charge in [-0.1, -0.05) is 6.07 Å². The fraction of sp³-hybridized carbons (Fsp3) is 0.625. The van der Waals surface area contributed by atoms with E-state index >= 15 is 0 Å². The standard InChI is InChI=1S/C16H24F3N3O/c1-3-21(4-2)12-5-6-13(14(23)11-12)15(16(17,18)19)22-9-7-20-8-10-22/h5-6,11,15,20,23H,3-4,7-10H2,1-2H3/t15-/m1/s1. The zero-order valence-electron chi connectivity index (χ0n) is 13.5. The van der Waals surface area contributed by atoms with Gasteiger partial charge in [0, 0.05) is 56.6 Å². The molecular weight excluding hydrogens is 307 g/mol. The second-order valence-electron chi connectivity index (χ2n) is 5.65. The Morgan fingerprint density at radius 3 is 2.30 bits per heavy atom. The van der Waals surface area contributed by atoms with E-state index < -0.39 is 12.2 Å². The molecule has 2 rings (SSSR count). The van der Waals surface area contributed by atoms with Crippen LogP contribution in [0, 0.1) is 0 Å². The molecule has 7 heteroatoms. The lowest BCUT2D eigenvalue weighted by atomic mass is 10.0. The van der Waals surface area contributed by atoms with Crippen molar-refractivity contribution in [3.63, 3.8) is 0 Å². The molecule has 4 nitrogen and oxygen atoms in total. The topological polar surface area (TPSA) is 38.7 Å². The summed E-state index contributed by atoms with van der Waals surface area (Å²) in [7, 11) is 0. The largest absolute Gasteiger partial charge is 0.508 e. The molecule has 23 heavy (non-hydrogen) atoms. The van der Waals surface area contributed by atoms with Crippen LogP contribution >= 0.6 is 0 Å². The molecule has 0 spiro atoms. The van der Waals surface area contributed by atoms with E-state index in [0.29, 0.717) is 26.2 Å². The molecular formula is C16H24F3N3O. The van der Waals surface area contributed by atoms with Gasteiger partial charge in [-0.25, -0.2) is 0 Å². The molecule has 0 amide bonds. The summed E-state index contributed by atoms with van der Waals surface area (Å²) in [6, 6.07) is 2.73. The first-order valence-corrected chi connectivity index (χ1v) is 7.97. The second-order valence-corrected chi connectivity index (χ2v) is 5.65. The van der Waals surface area contributed by atoms with Gasteiger partial charge < -0.3 is 15.3 Å². The highest BCUT2D eigenvalue weighted by Gasteiger charge is 2.46. The Balaban J connectivity index is 2.35. The molecule has 130 valence electrons. The summed E-state index contributed by atoms with van der Waals surface area (Å²) >= 11 is 0. The van der Waals surface area contributed by atoms with Crippen molar-refractivity contribution in [1.29, 1.82) is 0 Å². The number of hydrogen-bond donors (Lipinski definition) is 2. The minimum Gasteiger partial charge on any atom is -0.508 e. The second kappa shape index (κ2) is 7.40. The van der Waals surface area contributed by atoms with E-state index in [9.17, 15) is 18.3 Å². The van der Waals surface area contributed by atoms with Crippen LogP contribution in [0.3, 0.4) is 0 Å². The number of rotatable bonds is 5. The minimum atomic E-state index is -4.43. The molecule has 1 fully saturated rings. The molecule has 0 aliphatic carbocycles. The average Bonchev–Trinajstić information content (AvgIpc) is 2.51. The Kier molecular flexibility index (Phi) is 5.75. The van der Waals surface area contributed by atoms with E-state index in [-0.39, 0.29) is 11.3 Å². The van der Waals surface area contributed by atoms with Crippen LogP contribution < -0.4 is 10.2 Å². The van der Waals surface area contributed by atoms with Gasteiger partial charge in [0.15, 0.2) is 0 Å². The number of nitrogens with zero attached hydrogens (tertiary/aromatic N) is 2. The minimum absolute atomic E-state index is 0.0738. The number of piperazine rings is 1. The number of hydrogen-bond acceptors (Lipinski definition) is 4. The Labute approximate surface area is 134 Å². The summed E-state index contributed by atoms with van der Waals surface area (Å²) in [5.41, 5.74) is 0.660. The van der Waals surface area contributed by atoms with Crippen LogP contribution in [0.5, 0.6) is 5.75 Å². The van der Waals surface area contributed by atoms with Crippen molar-refractivity contribution in [2.45, 2.75) is 26.1 Å². The molecule has 0 bridgehead atoms. The Bertz CT molecular complexity index is 512. The van der Waals surface area contributed by atoms with Gasteiger partial charge in [0.25, 0.3) is 0 Å². The third kappa shape index (κ3) is 4.09. The number of nitrogens with one attached hydrogen (secondary N) is 1. The SMILES string of the molecule is CCN(CC)c1ccc([C@@H](N2CCNCC2)C(F)(F)F)c(O)c1. The van der Waals surface area contributed by atoms with Crippen LogP contribution in [-0.4, -0.2) is 55.5 Å². The number of aromatic hydroxyl groups is 1. The highest BCUT2D eigenvalue weighted by Crippen LogP contribution is 2.42. The van der Waals surface area contributed by atoms with Crippen molar-refractivity contribution < 1.29 is 18.3 Å². The first-order valence-electron chi connectivity index (χ1n) is 7.97. The molecule has 0 saturated carbocycles. The van der Waals surface area contributed by atoms with Gasteiger partial charge >= 0.3 is 6.18 Å². The quantitative estimate of drug-likeness (QED) is 0.870. The molecule has 1 saturated heterocycles. The van der Waals surface area contributed by atoms with Gasteiger partial charge in [-0.2, -0.15) is 13.2 Å². The molecule has 0 unspecified atom stereocenters. The van der Waals surface area contributed by atoms with Crippen molar-refractivity contribution >= 4 is 5.69 Å². The van der Waals surface area contributed by atoms with Gasteiger partial charge in [-0.05, 0) is 19.9 Å². The smallest absolute Gasteiger partial charge is 0.408 e. The lowest BCUT2D eigenvalue weighted by Crippen LogP contribution is -2.49. The highest BCUT2D eigenvalue weighted by atomic mass is 19.4. The van der Waals surface area contributed by atoms with E-state index in [4.69, 9.17) is 0 Å². The fourth-order valence-electron chi connectivity index (χ4n) is 3.07. The predicted molar refractivity (Wildman–Crippen MR) is 84.9 cm³/mol. The zero-order valence-corrected chi connectivity index (χ0v) is 13.5. The number of benzene rings is 1. The Morgan fingerprint density at radius 1 is 1.22 bits per heavy atom. The molecule has 1 aromatic carbocycles. The summed E-state index contributed by atoms with van der Waals surface area (Å²) in [5.74, 6) is -0.296. The van der Waals surface area contributed by atoms with E-state index in [1.54, 1.807) is 6.07 Å². The molecule has 1 aromatic rings. The van der Waals surface area contributed by atoms with Crippen molar-refractivity contribution in [3.8, 4) is 5.75 Å². The van der Waals surface area contributed by atoms with E-state index in [1.165, 1.54) is 17.0 Å². The maximum absolute atomic E-state index is 13.6. The van der Waals surface area contributed by atoms with Crippen LogP contribution in [-0.2, 0) is 0 Å². The van der Waals surface area contributed by atoms with Crippen LogP contribution in [0.1, 0.15) is 25.5 Å². The third-order valence-corrected chi connectivity index (χ3v) is 4.26. The maximum Gasteiger partial charge on any atom is 0.408 e. The molecule has 0 aromatic heterocycles. The monoisotopic (exact) mass is 331 g/mol. The van der Waals surface area contributed by atoms with Crippen LogP contribution in [0.2, 0.25) is 0 Å². The van der Waals surface area contributed by atoms with Gasteiger partial charge in [0.05, 0.1) is 0 Å². The van der Waals surface area contributed by atoms with Gasteiger partial charge in [-0.3, -0.25) is 4.90 Å². The number of alkyl halides is 3. The lowest BCUT2D eigenvalue weighted by molar-refractivity contribution is -0.188. The summed E-state index contributed by atoms with van der Waals surface area (Å²) in [6.45, 7) is 7.05. The van der Waals surface area contributed by atoms with Gasteiger partial charge in [0.2, 0.25) is 0 Å². The van der Waals surface area contributed by atoms with Crippen molar-refractivity contribution in [3.05, 3.63) is 23.8 Å². The van der Waals surface area contributed by atoms with E-state index in [2.05, 4.69) is 5.32 Å². The Morgan fingerprint density at radius 2 is 1.83 bits per heavy atom. The number of anilines is 1.